The molecule has 1 unspecified atom stereocenters. The number of carbonyl (C=O) groups is 1. The normalized spacial score (nSPS) is 21.0. The second kappa shape index (κ2) is 5.65. The van der Waals surface area contributed by atoms with Crippen molar-refractivity contribution in [2.45, 2.75) is 25.8 Å². The van der Waals surface area contributed by atoms with Gasteiger partial charge in [-0.2, -0.15) is 5.26 Å². The van der Waals surface area contributed by atoms with Gasteiger partial charge in [-0.25, -0.2) is 0 Å². The van der Waals surface area contributed by atoms with Crippen molar-refractivity contribution in [3.05, 3.63) is 29.8 Å². The molecule has 1 aliphatic heterocycles. The van der Waals surface area contributed by atoms with Crippen LogP contribution in [0.15, 0.2) is 24.3 Å². The number of hydrogen-bond donors (Lipinski definition) is 1. The van der Waals surface area contributed by atoms with Crippen LogP contribution in [0.5, 0.6) is 0 Å². The zero-order valence-electron chi connectivity index (χ0n) is 10.5. The van der Waals surface area contributed by atoms with E-state index in [9.17, 15) is 4.79 Å². The first-order valence-electron chi connectivity index (χ1n) is 6.24. The second-order valence-corrected chi connectivity index (χ2v) is 4.62. The molecule has 1 heterocycles. The summed E-state index contributed by atoms with van der Waals surface area (Å²) in [5, 5.41) is 12.1. The topological polar surface area (TPSA) is 56.1 Å². The Morgan fingerprint density at radius 2 is 2.11 bits per heavy atom. The van der Waals surface area contributed by atoms with E-state index in [1.807, 2.05) is 24.0 Å². The Balaban J connectivity index is 2.18. The Morgan fingerprint density at radius 3 is 2.78 bits per heavy atom. The predicted molar refractivity (Wildman–Crippen MR) is 70.2 cm³/mol. The average molecular weight is 243 g/mol. The number of hydrogen-bond acceptors (Lipinski definition) is 3. The third-order valence-electron chi connectivity index (χ3n) is 3.14. The molecule has 0 radical (unpaired) electrons. The van der Waals surface area contributed by atoms with Gasteiger partial charge in [-0.05, 0) is 44.2 Å². The summed E-state index contributed by atoms with van der Waals surface area (Å²) in [6.45, 7) is 3.69. The molecular formula is C14H17N3O. The molecule has 0 saturated carbocycles. The highest BCUT2D eigenvalue weighted by Gasteiger charge is 2.20. The Kier molecular flexibility index (Phi) is 3.96. The lowest BCUT2D eigenvalue weighted by Crippen LogP contribution is -2.42. The van der Waals surface area contributed by atoms with Crippen molar-refractivity contribution < 1.29 is 4.79 Å². The summed E-state index contributed by atoms with van der Waals surface area (Å²) in [5.41, 5.74) is 1.50. The zero-order chi connectivity index (χ0) is 13.0. The highest BCUT2D eigenvalue weighted by atomic mass is 16.2. The summed E-state index contributed by atoms with van der Waals surface area (Å²) in [7, 11) is 0. The van der Waals surface area contributed by atoms with E-state index in [0.717, 1.165) is 25.2 Å². The van der Waals surface area contributed by atoms with Crippen LogP contribution in [0.2, 0.25) is 0 Å². The van der Waals surface area contributed by atoms with Gasteiger partial charge < -0.3 is 10.2 Å². The van der Waals surface area contributed by atoms with Crippen molar-refractivity contribution in [2.75, 3.05) is 18.0 Å². The van der Waals surface area contributed by atoms with Gasteiger partial charge in [0.2, 0.25) is 5.91 Å². The molecule has 4 nitrogen and oxygen atoms in total. The van der Waals surface area contributed by atoms with Crippen LogP contribution in [-0.2, 0) is 4.79 Å². The van der Waals surface area contributed by atoms with Gasteiger partial charge in [0.15, 0.2) is 0 Å². The van der Waals surface area contributed by atoms with E-state index in [1.165, 1.54) is 0 Å². The van der Waals surface area contributed by atoms with Gasteiger partial charge in [-0.15, -0.1) is 0 Å². The molecule has 0 bridgehead atoms. The maximum Gasteiger partial charge on any atom is 0.228 e. The molecule has 1 aromatic carbocycles. The summed E-state index contributed by atoms with van der Waals surface area (Å²) in [6, 6.07) is 9.50. The van der Waals surface area contributed by atoms with Crippen molar-refractivity contribution in [2.24, 2.45) is 0 Å². The van der Waals surface area contributed by atoms with Crippen molar-refractivity contribution >= 4 is 11.6 Å². The van der Waals surface area contributed by atoms with Crippen LogP contribution in [0.1, 0.15) is 25.3 Å². The fourth-order valence-electron chi connectivity index (χ4n) is 2.14. The van der Waals surface area contributed by atoms with E-state index in [4.69, 9.17) is 5.26 Å². The SMILES string of the molecule is CC1CC(=O)N(c2ccc(C#N)cc2)CCCN1. The molecule has 0 aromatic heterocycles. The molecule has 1 aliphatic rings. The maximum atomic E-state index is 12.2. The van der Waals surface area contributed by atoms with Crippen molar-refractivity contribution in [1.29, 1.82) is 5.26 Å². The summed E-state index contributed by atoms with van der Waals surface area (Å²) in [6.07, 6.45) is 1.45. The number of nitrogens with one attached hydrogen (secondary N) is 1. The molecule has 0 spiro atoms. The highest BCUT2D eigenvalue weighted by molar-refractivity contribution is 5.93. The molecule has 94 valence electrons. The van der Waals surface area contributed by atoms with E-state index < -0.39 is 0 Å². The van der Waals surface area contributed by atoms with E-state index >= 15 is 0 Å². The van der Waals surface area contributed by atoms with Crippen molar-refractivity contribution in [1.82, 2.24) is 5.32 Å². The van der Waals surface area contributed by atoms with Gasteiger partial charge in [-0.1, -0.05) is 0 Å². The first-order valence-corrected chi connectivity index (χ1v) is 6.24. The van der Waals surface area contributed by atoms with Crippen LogP contribution < -0.4 is 10.2 Å². The number of rotatable bonds is 1. The van der Waals surface area contributed by atoms with Crippen LogP contribution in [0.25, 0.3) is 0 Å². The molecule has 0 aliphatic carbocycles. The summed E-state index contributed by atoms with van der Waals surface area (Å²) in [4.78, 5) is 14.0. The van der Waals surface area contributed by atoms with Crippen LogP contribution >= 0.6 is 0 Å². The van der Waals surface area contributed by atoms with Gasteiger partial charge >= 0.3 is 0 Å². The summed E-state index contributed by atoms with van der Waals surface area (Å²) < 4.78 is 0. The standard InChI is InChI=1S/C14H17N3O/c1-11-9-14(18)17(8-2-7-16-11)13-5-3-12(10-15)4-6-13/h3-6,11,16H,2,7-9H2,1H3. The van der Waals surface area contributed by atoms with Crippen molar-refractivity contribution in [3.8, 4) is 6.07 Å². The Bertz CT molecular complexity index is 461. The minimum atomic E-state index is 0.138. The fraction of sp³-hybridized carbons (Fsp3) is 0.429. The minimum Gasteiger partial charge on any atom is -0.314 e. The van der Waals surface area contributed by atoms with E-state index in [2.05, 4.69) is 11.4 Å². The smallest absolute Gasteiger partial charge is 0.228 e. The van der Waals surface area contributed by atoms with Gasteiger partial charge in [0, 0.05) is 24.7 Å². The summed E-state index contributed by atoms with van der Waals surface area (Å²) in [5.74, 6) is 0.138. The monoisotopic (exact) mass is 243 g/mol. The highest BCUT2D eigenvalue weighted by Crippen LogP contribution is 2.18. The molecule has 1 saturated heterocycles. The number of nitriles is 1. The van der Waals surface area contributed by atoms with Gasteiger partial charge in [0.25, 0.3) is 0 Å². The van der Waals surface area contributed by atoms with Crippen LogP contribution in [0.4, 0.5) is 5.69 Å². The van der Waals surface area contributed by atoms with Crippen LogP contribution in [0, 0.1) is 11.3 Å². The van der Waals surface area contributed by atoms with Crippen molar-refractivity contribution in [3.63, 3.8) is 0 Å². The predicted octanol–water partition coefficient (Wildman–Crippen LogP) is 1.66. The second-order valence-electron chi connectivity index (χ2n) is 4.62. The largest absolute Gasteiger partial charge is 0.314 e. The van der Waals surface area contributed by atoms with E-state index in [1.54, 1.807) is 12.1 Å². The lowest BCUT2D eigenvalue weighted by molar-refractivity contribution is -0.119. The molecule has 1 amide bonds. The number of amides is 1. The van der Waals surface area contributed by atoms with E-state index in [0.29, 0.717) is 12.0 Å². The Morgan fingerprint density at radius 1 is 1.39 bits per heavy atom. The third kappa shape index (κ3) is 2.88. The molecule has 18 heavy (non-hydrogen) atoms. The lowest BCUT2D eigenvalue weighted by atomic mass is 10.1. The maximum absolute atomic E-state index is 12.2. The Labute approximate surface area is 107 Å². The zero-order valence-corrected chi connectivity index (χ0v) is 10.5. The number of benzene rings is 1. The molecule has 1 aromatic rings. The fourth-order valence-corrected chi connectivity index (χ4v) is 2.14. The summed E-state index contributed by atoms with van der Waals surface area (Å²) >= 11 is 0. The van der Waals surface area contributed by atoms with Gasteiger partial charge in [-0.3, -0.25) is 4.79 Å². The average Bonchev–Trinajstić information content (AvgIpc) is 2.37. The van der Waals surface area contributed by atoms with Crippen LogP contribution in [-0.4, -0.2) is 25.0 Å². The number of nitrogens with zero attached hydrogens (tertiary/aromatic N) is 2. The molecule has 1 fully saturated rings. The molecular weight excluding hydrogens is 226 g/mol. The lowest BCUT2D eigenvalue weighted by Gasteiger charge is -2.27. The van der Waals surface area contributed by atoms with Gasteiger partial charge in [0.1, 0.15) is 0 Å². The first-order chi connectivity index (χ1) is 8.70. The van der Waals surface area contributed by atoms with E-state index in [-0.39, 0.29) is 11.9 Å². The quantitative estimate of drug-likeness (QED) is 0.816. The molecule has 4 heteroatoms. The molecule has 2 rings (SSSR count). The van der Waals surface area contributed by atoms with Crippen LogP contribution in [0.3, 0.4) is 0 Å². The molecule has 1 N–H and O–H groups in total. The minimum absolute atomic E-state index is 0.138. The number of anilines is 1. The van der Waals surface area contributed by atoms with Gasteiger partial charge in [0.05, 0.1) is 11.6 Å². The molecule has 1 atom stereocenters. The first kappa shape index (κ1) is 12.6. The number of carbonyl (C=O) groups excluding carboxylic acids is 1. The third-order valence-corrected chi connectivity index (χ3v) is 3.14. The Hall–Kier alpha value is -1.86.